The molecule has 0 spiro atoms. The van der Waals surface area contributed by atoms with Gasteiger partial charge >= 0.3 is 0 Å². The normalized spacial score (nSPS) is 8.56. The Morgan fingerprint density at radius 3 is 3.00 bits per heavy atom. The summed E-state index contributed by atoms with van der Waals surface area (Å²) in [5.74, 6) is 0. The lowest BCUT2D eigenvalue weighted by molar-refractivity contribution is 0.555. The van der Waals surface area contributed by atoms with Crippen molar-refractivity contribution in [1.82, 2.24) is 10.3 Å². The Morgan fingerprint density at radius 1 is 1.78 bits per heavy atom. The molecule has 0 radical (unpaired) electrons. The van der Waals surface area contributed by atoms with E-state index in [0.717, 1.165) is 12.2 Å². The number of nitrogens with zero attached hydrogens (tertiary/aromatic N) is 1. The van der Waals surface area contributed by atoms with Crippen LogP contribution in [-0.2, 0) is 6.54 Å². The molecule has 1 aromatic heterocycles. The molecule has 1 aromatic rings. The summed E-state index contributed by atoms with van der Waals surface area (Å²) in [7, 11) is 1.87. The minimum absolute atomic E-state index is 0. The lowest BCUT2D eigenvalue weighted by Gasteiger charge is -1.86. The number of rotatable bonds is 2. The van der Waals surface area contributed by atoms with E-state index in [9.17, 15) is 0 Å². The minimum atomic E-state index is 0. The van der Waals surface area contributed by atoms with Crippen molar-refractivity contribution >= 4 is 12.4 Å². The average molecular weight is 149 g/mol. The Kier molecular flexibility index (Phi) is 4.09. The summed E-state index contributed by atoms with van der Waals surface area (Å²) in [4.78, 5) is 3.88. The molecule has 3 nitrogen and oxygen atoms in total. The summed E-state index contributed by atoms with van der Waals surface area (Å²) in [6.45, 7) is 0.774. The number of oxazole rings is 1. The van der Waals surface area contributed by atoms with Gasteiger partial charge in [-0.05, 0) is 7.05 Å². The summed E-state index contributed by atoms with van der Waals surface area (Å²) in [6.07, 6.45) is 3.04. The van der Waals surface area contributed by atoms with Gasteiger partial charge in [0, 0.05) is 6.54 Å². The highest BCUT2D eigenvalue weighted by atomic mass is 35.5. The Balaban J connectivity index is 0.000000640. The molecular formula is C5H9ClN2O. The van der Waals surface area contributed by atoms with Crippen molar-refractivity contribution < 1.29 is 4.42 Å². The van der Waals surface area contributed by atoms with E-state index in [0.29, 0.717) is 0 Å². The van der Waals surface area contributed by atoms with E-state index in [-0.39, 0.29) is 12.4 Å². The second kappa shape index (κ2) is 4.35. The van der Waals surface area contributed by atoms with Crippen LogP contribution in [0.4, 0.5) is 0 Å². The van der Waals surface area contributed by atoms with Crippen molar-refractivity contribution in [3.05, 3.63) is 18.4 Å². The summed E-state index contributed by atoms with van der Waals surface area (Å²) >= 11 is 0. The Morgan fingerprint density at radius 2 is 2.56 bits per heavy atom. The maximum absolute atomic E-state index is 4.72. The maximum atomic E-state index is 4.72. The van der Waals surface area contributed by atoms with Crippen LogP contribution in [0, 0.1) is 0 Å². The van der Waals surface area contributed by atoms with Crippen molar-refractivity contribution in [1.29, 1.82) is 0 Å². The van der Waals surface area contributed by atoms with Crippen LogP contribution < -0.4 is 5.32 Å². The van der Waals surface area contributed by atoms with E-state index in [1.54, 1.807) is 6.26 Å². The number of hydrogen-bond acceptors (Lipinski definition) is 3. The van der Waals surface area contributed by atoms with E-state index >= 15 is 0 Å². The molecule has 0 fully saturated rings. The van der Waals surface area contributed by atoms with Crippen molar-refractivity contribution in [2.24, 2.45) is 0 Å². The molecular weight excluding hydrogens is 140 g/mol. The van der Waals surface area contributed by atoms with E-state index in [4.69, 9.17) is 4.42 Å². The fourth-order valence-corrected chi connectivity index (χ4v) is 0.506. The van der Waals surface area contributed by atoms with Crippen LogP contribution in [0.1, 0.15) is 5.69 Å². The first kappa shape index (κ1) is 8.46. The quantitative estimate of drug-likeness (QED) is 0.675. The zero-order chi connectivity index (χ0) is 5.82. The van der Waals surface area contributed by atoms with Gasteiger partial charge in [-0.3, -0.25) is 0 Å². The van der Waals surface area contributed by atoms with E-state index < -0.39 is 0 Å². The SMILES string of the molecule is CNCc1cocn1.Cl. The molecule has 1 N–H and O–H groups in total. The summed E-state index contributed by atoms with van der Waals surface area (Å²) in [5.41, 5.74) is 0.938. The van der Waals surface area contributed by atoms with Gasteiger partial charge in [0.1, 0.15) is 6.26 Å². The second-order valence-corrected chi connectivity index (χ2v) is 1.51. The first-order valence-electron chi connectivity index (χ1n) is 2.45. The molecule has 0 atom stereocenters. The molecule has 0 amide bonds. The first-order chi connectivity index (χ1) is 3.93. The summed E-state index contributed by atoms with van der Waals surface area (Å²) < 4.78 is 4.72. The lowest BCUT2D eigenvalue weighted by atomic mass is 10.5. The Labute approximate surface area is 59.9 Å². The van der Waals surface area contributed by atoms with Gasteiger partial charge < -0.3 is 9.73 Å². The highest BCUT2D eigenvalue weighted by Gasteiger charge is 1.89. The highest BCUT2D eigenvalue weighted by Crippen LogP contribution is 1.90. The monoisotopic (exact) mass is 148 g/mol. The van der Waals surface area contributed by atoms with E-state index in [1.165, 1.54) is 6.39 Å². The standard InChI is InChI=1S/C5H8N2O.ClH/c1-6-2-5-3-8-4-7-5;/h3-4,6H,2H2,1H3;1H. The van der Waals surface area contributed by atoms with Gasteiger partial charge in [0.25, 0.3) is 0 Å². The Bertz CT molecular complexity index is 141. The third-order valence-electron chi connectivity index (χ3n) is 0.841. The number of halogens is 1. The maximum Gasteiger partial charge on any atom is 0.180 e. The third-order valence-corrected chi connectivity index (χ3v) is 0.841. The van der Waals surface area contributed by atoms with Crippen LogP contribution in [0.2, 0.25) is 0 Å². The van der Waals surface area contributed by atoms with Crippen LogP contribution in [0.15, 0.2) is 17.1 Å². The molecule has 0 unspecified atom stereocenters. The second-order valence-electron chi connectivity index (χ2n) is 1.51. The Hall–Kier alpha value is -0.540. The molecule has 0 saturated carbocycles. The van der Waals surface area contributed by atoms with Crippen LogP contribution in [0.25, 0.3) is 0 Å². The lowest BCUT2D eigenvalue weighted by Crippen LogP contribution is -2.04. The van der Waals surface area contributed by atoms with Crippen LogP contribution in [-0.4, -0.2) is 12.0 Å². The third kappa shape index (κ3) is 2.49. The van der Waals surface area contributed by atoms with Gasteiger partial charge in [-0.1, -0.05) is 0 Å². The fourth-order valence-electron chi connectivity index (χ4n) is 0.506. The number of nitrogens with one attached hydrogen (secondary N) is 1. The van der Waals surface area contributed by atoms with Gasteiger partial charge in [0.15, 0.2) is 6.39 Å². The summed E-state index contributed by atoms with van der Waals surface area (Å²) in [5, 5.41) is 2.95. The predicted molar refractivity (Wildman–Crippen MR) is 36.5 cm³/mol. The molecule has 0 bridgehead atoms. The van der Waals surface area contributed by atoms with Gasteiger partial charge in [0.2, 0.25) is 0 Å². The van der Waals surface area contributed by atoms with Crippen LogP contribution in [0.3, 0.4) is 0 Å². The van der Waals surface area contributed by atoms with E-state index in [1.807, 2.05) is 7.05 Å². The zero-order valence-corrected chi connectivity index (χ0v) is 5.94. The van der Waals surface area contributed by atoms with Crippen molar-refractivity contribution in [3.8, 4) is 0 Å². The molecule has 1 heterocycles. The fraction of sp³-hybridized carbons (Fsp3) is 0.400. The smallest absolute Gasteiger partial charge is 0.180 e. The number of hydrogen-bond donors (Lipinski definition) is 1. The largest absolute Gasteiger partial charge is 0.451 e. The molecule has 0 aromatic carbocycles. The zero-order valence-electron chi connectivity index (χ0n) is 5.13. The predicted octanol–water partition coefficient (Wildman–Crippen LogP) is 0.816. The van der Waals surface area contributed by atoms with Crippen molar-refractivity contribution in [2.45, 2.75) is 6.54 Å². The average Bonchev–Trinajstić information content (AvgIpc) is 2.19. The number of aromatic nitrogens is 1. The molecule has 4 heteroatoms. The van der Waals surface area contributed by atoms with Gasteiger partial charge in [-0.2, -0.15) is 0 Å². The molecule has 9 heavy (non-hydrogen) atoms. The van der Waals surface area contributed by atoms with Crippen LogP contribution >= 0.6 is 12.4 Å². The van der Waals surface area contributed by atoms with Gasteiger partial charge in [-0.15, -0.1) is 12.4 Å². The van der Waals surface area contributed by atoms with Crippen LogP contribution in [0.5, 0.6) is 0 Å². The molecule has 0 aliphatic rings. The van der Waals surface area contributed by atoms with Gasteiger partial charge in [0.05, 0.1) is 5.69 Å². The molecule has 0 saturated heterocycles. The topological polar surface area (TPSA) is 38.1 Å². The minimum Gasteiger partial charge on any atom is -0.451 e. The summed E-state index contributed by atoms with van der Waals surface area (Å²) in [6, 6.07) is 0. The van der Waals surface area contributed by atoms with Crippen molar-refractivity contribution in [2.75, 3.05) is 7.05 Å². The molecule has 0 aliphatic heterocycles. The van der Waals surface area contributed by atoms with Gasteiger partial charge in [-0.25, -0.2) is 4.98 Å². The molecule has 52 valence electrons. The molecule has 0 aliphatic carbocycles. The first-order valence-corrected chi connectivity index (χ1v) is 2.45. The van der Waals surface area contributed by atoms with E-state index in [2.05, 4.69) is 10.3 Å². The highest BCUT2D eigenvalue weighted by molar-refractivity contribution is 5.85. The molecule has 1 rings (SSSR count). The van der Waals surface area contributed by atoms with Crippen molar-refractivity contribution in [3.63, 3.8) is 0 Å².